The molecule has 0 bridgehead atoms. The minimum atomic E-state index is -2.57. The summed E-state index contributed by atoms with van der Waals surface area (Å²) in [5.74, 6) is -3.49. The predicted octanol–water partition coefficient (Wildman–Crippen LogP) is -1.64. The number of carbonyl (C=O) groups is 2. The Bertz CT molecular complexity index is 1540. The number of rotatable bonds is 5. The topological polar surface area (TPSA) is 216 Å². The van der Waals surface area contributed by atoms with Crippen LogP contribution in [0.4, 0.5) is 0 Å². The summed E-state index contributed by atoms with van der Waals surface area (Å²) in [6.45, 7) is 1.66. The minimum Gasteiger partial charge on any atom is -0.370 e. The van der Waals surface area contributed by atoms with Gasteiger partial charge in [-0.2, -0.15) is 5.10 Å². The molecule has 14 nitrogen and oxygen atoms in total. The summed E-state index contributed by atoms with van der Waals surface area (Å²) in [5.41, 5.74) is 14.5. The van der Waals surface area contributed by atoms with Crippen LogP contribution in [0.15, 0.2) is 40.3 Å². The number of fused-ring (bicyclic) bond motifs is 2. The Hall–Kier alpha value is -4.30. The second kappa shape index (κ2) is 9.10. The number of aliphatic hydroxyl groups is 2. The largest absolute Gasteiger partial charge is 0.370 e. The van der Waals surface area contributed by atoms with Gasteiger partial charge in [-0.05, 0) is 73.8 Å². The number of hydrogen-bond acceptors (Lipinski definition) is 12. The molecule has 220 valence electrons. The molecule has 4 atom stereocenters. The Morgan fingerprint density at radius 1 is 1.10 bits per heavy atom. The number of aliphatic imine (C=N–C) groups is 2. The average molecular weight is 575 g/mol. The number of hydrogen-bond donors (Lipinski definition) is 7. The van der Waals surface area contributed by atoms with E-state index in [1.54, 1.807) is 25.1 Å². The van der Waals surface area contributed by atoms with Gasteiger partial charge < -0.3 is 42.5 Å². The van der Waals surface area contributed by atoms with Crippen LogP contribution in [0.5, 0.6) is 0 Å². The zero-order valence-electron chi connectivity index (χ0n) is 23.2. The Morgan fingerprint density at radius 3 is 2.64 bits per heavy atom. The standard InChI is InChI=1S/C28H34N10O4/c1-14-7-8-18(37-36-14)23(40)31-12-19-21-27(35-24(29)34-21)28(41,42)20(13-38(27)25(30)32-19)33-22(39)16-4-2-6-17-15(16)5-3-9-26(17)10-11-26/h2,4,6-8,19-21,41-42H,3,5,9-13H2,1H3,(H2,30,32)(H,31,40)(H,33,39)(H3,29,34,35)/t19-,20?,21-,27?/m0/s1. The predicted molar refractivity (Wildman–Crippen MR) is 151 cm³/mol. The van der Waals surface area contributed by atoms with E-state index in [1.807, 2.05) is 6.07 Å². The molecule has 1 saturated carbocycles. The number of guanidine groups is 2. The van der Waals surface area contributed by atoms with Crippen molar-refractivity contribution >= 4 is 23.7 Å². The van der Waals surface area contributed by atoms with Crippen LogP contribution in [0.2, 0.25) is 0 Å². The van der Waals surface area contributed by atoms with E-state index < -0.39 is 35.5 Å². The lowest BCUT2D eigenvalue weighted by Crippen LogP contribution is -2.78. The Morgan fingerprint density at radius 2 is 1.90 bits per heavy atom. The summed E-state index contributed by atoms with van der Waals surface area (Å²) in [6, 6.07) is 6.10. The van der Waals surface area contributed by atoms with Gasteiger partial charge >= 0.3 is 0 Å². The third-order valence-corrected chi connectivity index (χ3v) is 9.54. The minimum absolute atomic E-state index is 0.00461. The first-order valence-corrected chi connectivity index (χ1v) is 14.2. The Balaban J connectivity index is 1.14. The van der Waals surface area contributed by atoms with Gasteiger partial charge in [-0.25, -0.2) is 9.98 Å². The fourth-order valence-corrected chi connectivity index (χ4v) is 7.27. The lowest BCUT2D eigenvalue weighted by Gasteiger charge is -2.49. The van der Waals surface area contributed by atoms with E-state index in [1.165, 1.54) is 10.5 Å². The lowest BCUT2D eigenvalue weighted by molar-refractivity contribution is -0.230. The van der Waals surface area contributed by atoms with Crippen LogP contribution < -0.4 is 27.4 Å². The Kier molecular flexibility index (Phi) is 5.76. The fraction of sp³-hybridized carbons (Fsp3) is 0.500. The second-order valence-electron chi connectivity index (χ2n) is 12.0. The number of aromatic nitrogens is 2. The van der Waals surface area contributed by atoms with Crippen molar-refractivity contribution in [3.8, 4) is 0 Å². The van der Waals surface area contributed by atoms with Gasteiger partial charge in [-0.15, -0.1) is 5.10 Å². The number of aryl methyl sites for hydroxylation is 1. The highest BCUT2D eigenvalue weighted by molar-refractivity contribution is 5.97. The maximum absolute atomic E-state index is 13.7. The molecule has 9 N–H and O–H groups in total. The van der Waals surface area contributed by atoms with E-state index in [9.17, 15) is 19.8 Å². The van der Waals surface area contributed by atoms with Crippen LogP contribution in [0.25, 0.3) is 0 Å². The zero-order valence-corrected chi connectivity index (χ0v) is 23.2. The van der Waals surface area contributed by atoms with Crippen molar-refractivity contribution in [3.05, 3.63) is 58.4 Å². The normalized spacial score (nSPS) is 29.4. The van der Waals surface area contributed by atoms with Crippen molar-refractivity contribution in [2.75, 3.05) is 13.1 Å². The maximum atomic E-state index is 13.7. The van der Waals surface area contributed by atoms with Gasteiger partial charge in [0, 0.05) is 18.7 Å². The summed E-state index contributed by atoms with van der Waals surface area (Å²) < 4.78 is 0. The molecule has 1 aromatic carbocycles. The van der Waals surface area contributed by atoms with E-state index in [-0.39, 0.29) is 42.0 Å². The van der Waals surface area contributed by atoms with Crippen LogP contribution in [0.1, 0.15) is 63.4 Å². The smallest absolute Gasteiger partial charge is 0.271 e. The van der Waals surface area contributed by atoms with Gasteiger partial charge in [0.1, 0.15) is 12.1 Å². The number of nitrogens with zero attached hydrogens (tertiary/aromatic N) is 5. The molecule has 1 aromatic heterocycles. The van der Waals surface area contributed by atoms with E-state index >= 15 is 0 Å². The molecule has 2 fully saturated rings. The van der Waals surface area contributed by atoms with Crippen molar-refractivity contribution in [1.29, 1.82) is 0 Å². The zero-order chi connectivity index (χ0) is 29.4. The first kappa shape index (κ1) is 26.6. The van der Waals surface area contributed by atoms with Crippen LogP contribution in [0.3, 0.4) is 0 Å². The molecule has 2 spiro atoms. The summed E-state index contributed by atoms with van der Waals surface area (Å²) >= 11 is 0. The van der Waals surface area contributed by atoms with Crippen molar-refractivity contribution in [1.82, 2.24) is 31.0 Å². The van der Waals surface area contributed by atoms with Crippen LogP contribution in [-0.2, 0) is 11.8 Å². The lowest BCUT2D eigenvalue weighted by atomic mass is 9.78. The molecular weight excluding hydrogens is 540 g/mol. The molecule has 2 aromatic rings. The monoisotopic (exact) mass is 574 g/mol. The van der Waals surface area contributed by atoms with E-state index in [2.05, 4.69) is 42.2 Å². The quantitative estimate of drug-likeness (QED) is 0.202. The molecule has 2 unspecified atom stereocenters. The highest BCUT2D eigenvalue weighted by atomic mass is 16.5. The van der Waals surface area contributed by atoms with Crippen LogP contribution in [-0.4, -0.2) is 91.7 Å². The molecule has 3 aliphatic heterocycles. The molecule has 14 heteroatoms. The number of carbonyl (C=O) groups excluding carboxylic acids is 2. The molecular formula is C28H34N10O4. The van der Waals surface area contributed by atoms with E-state index in [0.717, 1.165) is 37.7 Å². The van der Waals surface area contributed by atoms with Crippen molar-refractivity contribution in [2.24, 2.45) is 21.5 Å². The van der Waals surface area contributed by atoms with E-state index in [0.29, 0.717) is 11.3 Å². The molecule has 42 heavy (non-hydrogen) atoms. The third kappa shape index (κ3) is 3.78. The molecule has 7 rings (SSSR count). The second-order valence-corrected chi connectivity index (χ2v) is 12.0. The first-order chi connectivity index (χ1) is 20.1. The van der Waals surface area contributed by atoms with Crippen molar-refractivity contribution in [2.45, 2.75) is 74.0 Å². The molecule has 2 amide bonds. The highest BCUT2D eigenvalue weighted by Gasteiger charge is 2.73. The van der Waals surface area contributed by atoms with E-state index in [4.69, 9.17) is 11.5 Å². The number of nitrogens with two attached hydrogens (primary N) is 2. The summed E-state index contributed by atoms with van der Waals surface area (Å²) in [5, 5.41) is 39.9. The number of benzene rings is 1. The molecule has 4 heterocycles. The van der Waals surface area contributed by atoms with Crippen molar-refractivity contribution in [3.63, 3.8) is 0 Å². The summed E-state index contributed by atoms with van der Waals surface area (Å²) in [7, 11) is 0. The van der Waals surface area contributed by atoms with Gasteiger partial charge in [0.25, 0.3) is 11.8 Å². The van der Waals surface area contributed by atoms with Crippen LogP contribution in [0, 0.1) is 6.92 Å². The summed E-state index contributed by atoms with van der Waals surface area (Å²) in [6.07, 6.45) is 5.23. The van der Waals surface area contributed by atoms with Gasteiger partial charge in [0.05, 0.1) is 11.7 Å². The van der Waals surface area contributed by atoms with Crippen molar-refractivity contribution < 1.29 is 19.8 Å². The molecule has 2 aliphatic carbocycles. The number of nitrogens with one attached hydrogen (secondary N) is 3. The average Bonchev–Trinajstić information content (AvgIpc) is 3.57. The fourth-order valence-electron chi connectivity index (χ4n) is 7.27. The van der Waals surface area contributed by atoms with Gasteiger partial charge in [-0.3, -0.25) is 9.59 Å². The highest BCUT2D eigenvalue weighted by Crippen LogP contribution is 2.55. The molecule has 0 radical (unpaired) electrons. The molecule has 5 aliphatic rings. The SMILES string of the molecule is Cc1ccc(C(=O)NC[C@@H]2N=C(N)N3CC(NC(=O)c4cccc5c4CCCC54CC4)C(O)(O)C34NC(N)=N[C@@H]24)nn1. The van der Waals surface area contributed by atoms with Crippen LogP contribution >= 0.6 is 0 Å². The number of amides is 2. The van der Waals surface area contributed by atoms with Gasteiger partial charge in [0.15, 0.2) is 23.3 Å². The maximum Gasteiger partial charge on any atom is 0.271 e. The van der Waals surface area contributed by atoms with Gasteiger partial charge in [0.2, 0.25) is 5.79 Å². The summed E-state index contributed by atoms with van der Waals surface area (Å²) in [4.78, 5) is 36.8. The molecule has 1 saturated heterocycles. The first-order valence-electron chi connectivity index (χ1n) is 14.2. The Labute approximate surface area is 241 Å². The third-order valence-electron chi connectivity index (χ3n) is 9.54. The van der Waals surface area contributed by atoms with Gasteiger partial charge in [-0.1, -0.05) is 12.1 Å².